The topological polar surface area (TPSA) is 88.5 Å². The normalized spacial score (nSPS) is 14.2. The predicted molar refractivity (Wildman–Crippen MR) is 126 cm³/mol. The van der Waals surface area contributed by atoms with Crippen LogP contribution in [0.1, 0.15) is 45.8 Å². The summed E-state index contributed by atoms with van der Waals surface area (Å²) in [6, 6.07) is 15.1. The van der Waals surface area contributed by atoms with E-state index < -0.39 is 0 Å². The summed E-state index contributed by atoms with van der Waals surface area (Å²) in [5.41, 5.74) is 4.01. The van der Waals surface area contributed by atoms with E-state index in [9.17, 15) is 9.59 Å². The van der Waals surface area contributed by atoms with Gasteiger partial charge in [-0.25, -0.2) is 4.79 Å². The van der Waals surface area contributed by atoms with Crippen LogP contribution in [0.3, 0.4) is 0 Å². The molecule has 0 atom stereocenters. The Morgan fingerprint density at radius 2 is 1.81 bits per heavy atom. The molecule has 0 aromatic heterocycles. The molecule has 0 aliphatic carbocycles. The maximum absolute atomic E-state index is 13.1. The number of carbonyl (C=O) groups excluding carboxylic acids is 2. The first-order chi connectivity index (χ1) is 15.4. The van der Waals surface area contributed by atoms with Gasteiger partial charge in [-0.3, -0.25) is 4.79 Å². The fourth-order valence-electron chi connectivity index (χ4n) is 3.88. The average molecular weight is 434 g/mol. The van der Waals surface area contributed by atoms with Crippen LogP contribution in [0.2, 0.25) is 0 Å². The van der Waals surface area contributed by atoms with E-state index in [0.717, 1.165) is 24.9 Å². The van der Waals surface area contributed by atoms with Crippen molar-refractivity contribution < 1.29 is 9.59 Å². The average Bonchev–Trinajstić information content (AvgIpc) is 2.80. The Bertz CT molecular complexity index is 986. The third kappa shape index (κ3) is 6.08. The molecular formula is C25H31N5O2. The van der Waals surface area contributed by atoms with Crippen LogP contribution in [-0.4, -0.2) is 62.0 Å². The number of urea groups is 1. The van der Waals surface area contributed by atoms with Gasteiger partial charge in [-0.15, -0.1) is 0 Å². The van der Waals surface area contributed by atoms with E-state index in [1.807, 2.05) is 67.2 Å². The van der Waals surface area contributed by atoms with Crippen molar-refractivity contribution in [2.24, 2.45) is 0 Å². The van der Waals surface area contributed by atoms with Crippen LogP contribution < -0.4 is 10.6 Å². The van der Waals surface area contributed by atoms with E-state index in [-0.39, 0.29) is 11.9 Å². The molecule has 2 N–H and O–H groups in total. The SMILES string of the molecule is Cc1ccc(C(=O)N2CCC(c3ccc(C#N)cc3)CC2)cc1NC(=O)NCCN(C)C. The molecule has 0 saturated carbocycles. The summed E-state index contributed by atoms with van der Waals surface area (Å²) in [6.45, 7) is 4.58. The number of nitrogens with one attached hydrogen (secondary N) is 2. The minimum absolute atomic E-state index is 0.0145. The highest BCUT2D eigenvalue weighted by Gasteiger charge is 2.25. The van der Waals surface area contributed by atoms with Gasteiger partial charge in [0.15, 0.2) is 0 Å². The quantitative estimate of drug-likeness (QED) is 0.729. The molecule has 3 rings (SSSR count). The van der Waals surface area contributed by atoms with Crippen LogP contribution >= 0.6 is 0 Å². The summed E-state index contributed by atoms with van der Waals surface area (Å²) in [4.78, 5) is 29.1. The molecule has 32 heavy (non-hydrogen) atoms. The van der Waals surface area contributed by atoms with Gasteiger partial charge in [0.05, 0.1) is 11.6 Å². The molecule has 0 spiro atoms. The summed E-state index contributed by atoms with van der Waals surface area (Å²) in [7, 11) is 3.90. The summed E-state index contributed by atoms with van der Waals surface area (Å²) >= 11 is 0. The van der Waals surface area contributed by atoms with Crippen molar-refractivity contribution in [3.63, 3.8) is 0 Å². The lowest BCUT2D eigenvalue weighted by Crippen LogP contribution is -2.38. The lowest BCUT2D eigenvalue weighted by atomic mass is 9.89. The molecule has 168 valence electrons. The fourth-order valence-corrected chi connectivity index (χ4v) is 3.88. The predicted octanol–water partition coefficient (Wildman–Crippen LogP) is 3.57. The molecule has 3 amide bonds. The molecule has 7 nitrogen and oxygen atoms in total. The fraction of sp³-hybridized carbons (Fsp3) is 0.400. The van der Waals surface area contributed by atoms with Crippen LogP contribution in [0.15, 0.2) is 42.5 Å². The zero-order chi connectivity index (χ0) is 23.1. The van der Waals surface area contributed by atoms with Crippen molar-refractivity contribution in [2.75, 3.05) is 45.6 Å². The number of rotatable bonds is 6. The van der Waals surface area contributed by atoms with Crippen LogP contribution in [0.5, 0.6) is 0 Å². The Kier molecular flexibility index (Phi) is 7.85. The minimum Gasteiger partial charge on any atom is -0.339 e. The number of likely N-dealkylation sites (N-methyl/N-ethyl adjacent to an activating group) is 1. The molecular weight excluding hydrogens is 402 g/mol. The molecule has 2 aromatic rings. The van der Waals surface area contributed by atoms with E-state index in [1.165, 1.54) is 5.56 Å². The van der Waals surface area contributed by atoms with Crippen molar-refractivity contribution in [2.45, 2.75) is 25.7 Å². The second kappa shape index (κ2) is 10.8. The van der Waals surface area contributed by atoms with Gasteiger partial charge in [0.25, 0.3) is 5.91 Å². The summed E-state index contributed by atoms with van der Waals surface area (Å²) < 4.78 is 0. The third-order valence-corrected chi connectivity index (χ3v) is 5.87. The highest BCUT2D eigenvalue weighted by atomic mass is 16.2. The summed E-state index contributed by atoms with van der Waals surface area (Å²) in [5, 5.41) is 14.6. The van der Waals surface area contributed by atoms with Crippen molar-refractivity contribution in [1.29, 1.82) is 5.26 Å². The molecule has 1 fully saturated rings. The highest BCUT2D eigenvalue weighted by Crippen LogP contribution is 2.29. The van der Waals surface area contributed by atoms with Gasteiger partial charge in [-0.2, -0.15) is 5.26 Å². The third-order valence-electron chi connectivity index (χ3n) is 5.87. The number of amides is 3. The van der Waals surface area contributed by atoms with Crippen molar-refractivity contribution in [3.05, 3.63) is 64.7 Å². The number of aryl methyl sites for hydroxylation is 1. The van der Waals surface area contributed by atoms with Crippen LogP contribution in [-0.2, 0) is 0 Å². The molecule has 0 unspecified atom stereocenters. The van der Waals surface area contributed by atoms with Gasteiger partial charge < -0.3 is 20.4 Å². The minimum atomic E-state index is -0.275. The first-order valence-corrected chi connectivity index (χ1v) is 11.0. The molecule has 2 aromatic carbocycles. The number of hydrogen-bond acceptors (Lipinski definition) is 4. The van der Waals surface area contributed by atoms with E-state index in [0.29, 0.717) is 42.4 Å². The summed E-state index contributed by atoms with van der Waals surface area (Å²) in [5.74, 6) is 0.382. The standard InChI is InChI=1S/C25H31N5O2/c1-18-4-7-22(16-23(18)28-25(32)27-12-15-29(2)3)24(31)30-13-10-21(11-14-30)20-8-5-19(17-26)6-9-20/h4-9,16,21H,10-15H2,1-3H3,(H2,27,28,32). The second-order valence-corrected chi connectivity index (χ2v) is 8.51. The smallest absolute Gasteiger partial charge is 0.319 e. The van der Waals surface area contributed by atoms with E-state index in [4.69, 9.17) is 5.26 Å². The van der Waals surface area contributed by atoms with Crippen LogP contribution in [0.25, 0.3) is 0 Å². The van der Waals surface area contributed by atoms with E-state index >= 15 is 0 Å². The first kappa shape index (κ1) is 23.3. The van der Waals surface area contributed by atoms with Gasteiger partial charge in [0.1, 0.15) is 0 Å². The zero-order valence-corrected chi connectivity index (χ0v) is 19.0. The number of nitrogens with zero attached hydrogens (tertiary/aromatic N) is 3. The van der Waals surface area contributed by atoms with E-state index in [1.54, 1.807) is 6.07 Å². The van der Waals surface area contributed by atoms with Gasteiger partial charge in [-0.05, 0) is 75.2 Å². The first-order valence-electron chi connectivity index (χ1n) is 11.0. The molecule has 0 bridgehead atoms. The van der Waals surface area contributed by atoms with E-state index in [2.05, 4.69) is 16.7 Å². The number of carbonyl (C=O) groups is 2. The Balaban J connectivity index is 1.58. The highest BCUT2D eigenvalue weighted by molar-refractivity contribution is 5.97. The number of piperidine rings is 1. The molecule has 0 radical (unpaired) electrons. The lowest BCUT2D eigenvalue weighted by Gasteiger charge is -2.32. The Morgan fingerprint density at radius 1 is 1.12 bits per heavy atom. The van der Waals surface area contributed by atoms with Crippen LogP contribution in [0.4, 0.5) is 10.5 Å². The molecule has 1 aliphatic heterocycles. The molecule has 1 aliphatic rings. The summed E-state index contributed by atoms with van der Waals surface area (Å²) in [6.07, 6.45) is 1.78. The van der Waals surface area contributed by atoms with Gasteiger partial charge >= 0.3 is 6.03 Å². The van der Waals surface area contributed by atoms with Gasteiger partial charge in [0, 0.05) is 37.4 Å². The Hall–Kier alpha value is -3.37. The molecule has 1 saturated heterocycles. The number of benzene rings is 2. The number of hydrogen-bond donors (Lipinski definition) is 2. The van der Waals surface area contributed by atoms with Gasteiger partial charge in [-0.1, -0.05) is 18.2 Å². The largest absolute Gasteiger partial charge is 0.339 e. The monoisotopic (exact) mass is 433 g/mol. The number of likely N-dealkylation sites (tertiary alicyclic amines) is 1. The zero-order valence-electron chi connectivity index (χ0n) is 19.0. The number of nitriles is 1. The van der Waals surface area contributed by atoms with Crippen LogP contribution in [0, 0.1) is 18.3 Å². The Labute approximate surface area is 190 Å². The second-order valence-electron chi connectivity index (χ2n) is 8.51. The van der Waals surface area contributed by atoms with Gasteiger partial charge in [0.2, 0.25) is 0 Å². The molecule has 7 heteroatoms. The van der Waals surface area contributed by atoms with Crippen molar-refractivity contribution in [1.82, 2.24) is 15.1 Å². The number of anilines is 1. The Morgan fingerprint density at radius 3 is 2.44 bits per heavy atom. The lowest BCUT2D eigenvalue weighted by molar-refractivity contribution is 0.0713. The maximum atomic E-state index is 13.1. The molecule has 1 heterocycles. The van der Waals surface area contributed by atoms with Crippen molar-refractivity contribution in [3.8, 4) is 6.07 Å². The maximum Gasteiger partial charge on any atom is 0.319 e. The van der Waals surface area contributed by atoms with Crippen molar-refractivity contribution >= 4 is 17.6 Å².